The number of anilines is 3. The van der Waals surface area contributed by atoms with Gasteiger partial charge >= 0.3 is 0 Å². The summed E-state index contributed by atoms with van der Waals surface area (Å²) in [6.45, 7) is 0. The van der Waals surface area contributed by atoms with Crippen molar-refractivity contribution in [2.45, 2.75) is 28.6 Å². The molecule has 0 spiro atoms. The van der Waals surface area contributed by atoms with Gasteiger partial charge in [0.1, 0.15) is 0 Å². The Morgan fingerprint density at radius 2 is 0.873 bits per heavy atom. The third-order valence-corrected chi connectivity index (χ3v) is 18.4. The van der Waals surface area contributed by atoms with Crippen molar-refractivity contribution in [2.75, 3.05) is 4.90 Å². The Bertz CT molecular complexity index is 4990. The molecule has 0 fully saturated rings. The van der Waals surface area contributed by atoms with E-state index >= 15 is 0 Å². The molecular weight excluding hydrogens is 975 g/mol. The number of aromatic nitrogens is 2. The first-order valence-corrected chi connectivity index (χ1v) is 28.4. The van der Waals surface area contributed by atoms with Crippen LogP contribution in [-0.2, 0) is 6.42 Å². The molecule has 2 aliphatic rings. The highest BCUT2D eigenvalue weighted by atomic mass is 32.2. The average molecular weight is 1020 g/mol. The minimum atomic E-state index is 0.240. The van der Waals surface area contributed by atoms with Gasteiger partial charge in [-0.2, -0.15) is 0 Å². The van der Waals surface area contributed by atoms with Crippen LogP contribution in [0.2, 0.25) is 0 Å². The molecular formula is C75H49N3S. The van der Waals surface area contributed by atoms with Crippen LogP contribution in [0.3, 0.4) is 0 Å². The third kappa shape index (κ3) is 6.81. The molecule has 0 N–H and O–H groups in total. The van der Waals surface area contributed by atoms with Gasteiger partial charge in [-0.05, 0) is 181 Å². The van der Waals surface area contributed by atoms with E-state index in [1.54, 1.807) is 0 Å². The Kier molecular flexibility index (Phi) is 9.84. The molecule has 1 unspecified atom stereocenters. The topological polar surface area (TPSA) is 13.1 Å². The molecule has 13 aromatic carbocycles. The van der Waals surface area contributed by atoms with Crippen LogP contribution in [0.4, 0.5) is 17.1 Å². The second kappa shape index (κ2) is 17.5. The maximum absolute atomic E-state index is 2.55. The van der Waals surface area contributed by atoms with Crippen molar-refractivity contribution in [3.63, 3.8) is 0 Å². The van der Waals surface area contributed by atoms with Crippen molar-refractivity contribution in [1.82, 2.24) is 9.13 Å². The van der Waals surface area contributed by atoms with Crippen molar-refractivity contribution in [2.24, 2.45) is 0 Å². The highest BCUT2D eigenvalue weighted by Crippen LogP contribution is 2.55. The molecule has 0 amide bonds. The highest BCUT2D eigenvalue weighted by molar-refractivity contribution is 7.99. The molecule has 0 saturated heterocycles. The minimum absolute atomic E-state index is 0.240. The fraction of sp³-hybridized carbons (Fsp3) is 0.0400. The molecule has 2 aromatic heterocycles. The van der Waals surface area contributed by atoms with Gasteiger partial charge in [-0.25, -0.2) is 0 Å². The van der Waals surface area contributed by atoms with Crippen molar-refractivity contribution in [3.8, 4) is 33.6 Å². The molecule has 4 heteroatoms. The van der Waals surface area contributed by atoms with E-state index in [0.717, 1.165) is 24.2 Å². The van der Waals surface area contributed by atoms with Gasteiger partial charge in [-0.15, -0.1) is 0 Å². The minimum Gasteiger partial charge on any atom is -0.309 e. The van der Waals surface area contributed by atoms with Crippen molar-refractivity contribution in [3.05, 3.63) is 284 Å². The monoisotopic (exact) mass is 1020 g/mol. The lowest BCUT2D eigenvalue weighted by molar-refractivity contribution is 0.726. The van der Waals surface area contributed by atoms with Gasteiger partial charge in [-0.3, -0.25) is 0 Å². The predicted octanol–water partition coefficient (Wildman–Crippen LogP) is 20.7. The summed E-state index contributed by atoms with van der Waals surface area (Å²) in [6.07, 6.45) is 2.01. The maximum atomic E-state index is 2.55. The first-order chi connectivity index (χ1) is 39.2. The van der Waals surface area contributed by atoms with Crippen LogP contribution in [0.25, 0.3) is 110 Å². The number of benzene rings is 13. The fourth-order valence-electron chi connectivity index (χ4n) is 13.7. The van der Waals surface area contributed by atoms with Crippen LogP contribution < -0.4 is 4.90 Å². The van der Waals surface area contributed by atoms with Gasteiger partial charge < -0.3 is 14.0 Å². The second-order valence-electron chi connectivity index (χ2n) is 21.5. The van der Waals surface area contributed by atoms with Gasteiger partial charge in [-0.1, -0.05) is 182 Å². The number of aryl methyl sites for hydroxylation is 1. The molecule has 0 bridgehead atoms. The summed E-state index contributed by atoms with van der Waals surface area (Å²) in [7, 11) is 0. The average Bonchev–Trinajstić information content (AvgIpc) is 4.11. The Morgan fingerprint density at radius 1 is 0.316 bits per heavy atom. The molecule has 3 heterocycles. The molecule has 79 heavy (non-hydrogen) atoms. The first-order valence-electron chi connectivity index (χ1n) is 27.6. The van der Waals surface area contributed by atoms with E-state index in [4.69, 9.17) is 0 Å². The summed E-state index contributed by atoms with van der Waals surface area (Å²) in [5, 5.41) is 12.7. The molecule has 0 radical (unpaired) electrons. The zero-order valence-corrected chi connectivity index (χ0v) is 44.0. The molecule has 0 saturated carbocycles. The van der Waals surface area contributed by atoms with Crippen LogP contribution in [-0.4, -0.2) is 9.13 Å². The molecule has 370 valence electrons. The van der Waals surface area contributed by atoms with E-state index in [-0.39, 0.29) is 5.92 Å². The van der Waals surface area contributed by atoms with Crippen LogP contribution in [0.15, 0.2) is 277 Å². The van der Waals surface area contributed by atoms with E-state index in [1.807, 2.05) is 11.8 Å². The van der Waals surface area contributed by atoms with E-state index in [9.17, 15) is 0 Å². The van der Waals surface area contributed by atoms with Crippen LogP contribution in [0, 0.1) is 0 Å². The number of nitrogens with zero attached hydrogens (tertiary/aromatic N) is 3. The van der Waals surface area contributed by atoms with E-state index in [0.29, 0.717) is 0 Å². The number of para-hydroxylation sites is 4. The van der Waals surface area contributed by atoms with Gasteiger partial charge in [0.25, 0.3) is 0 Å². The number of rotatable bonds is 5. The Hall–Kier alpha value is -9.61. The third-order valence-electron chi connectivity index (χ3n) is 17.3. The van der Waals surface area contributed by atoms with Crippen molar-refractivity contribution >= 4 is 105 Å². The lowest BCUT2D eigenvalue weighted by Gasteiger charge is -2.34. The molecule has 1 aliphatic heterocycles. The summed E-state index contributed by atoms with van der Waals surface area (Å²) in [6, 6.07) is 100. The SMILES string of the molecule is c1ccc(C2CCc3ccc(-c4ccc5c(c4)c4ccccc4n5-c4ccccc4)cc3-c3cc(N4c5ccccc5Sc5cc6c7cc8c9ccccc9c9ccccc9c8cc7n(-c7ccccc7)c6cc54)ccc32)cc1. The molecule has 1 atom stereocenters. The van der Waals surface area contributed by atoms with Crippen LogP contribution in [0.5, 0.6) is 0 Å². The van der Waals surface area contributed by atoms with Crippen LogP contribution in [0.1, 0.15) is 29.0 Å². The Balaban J connectivity index is 0.883. The highest BCUT2D eigenvalue weighted by Gasteiger charge is 2.31. The zero-order valence-electron chi connectivity index (χ0n) is 43.1. The fourth-order valence-corrected chi connectivity index (χ4v) is 14.8. The molecule has 17 rings (SSSR count). The molecule has 1 aliphatic carbocycles. The Morgan fingerprint density at radius 3 is 1.62 bits per heavy atom. The standard InChI is InChI=1S/C75H49N3S/c1-4-18-47(19-5-1)54-37-34-48-32-33-49(50-35-39-69-65(41-50)60-28-14-15-29-68(60)76(69)51-20-6-2-7-21-51)40-61(48)62-42-53(36-38-59(54)62)78-70-30-16-17-31-74(70)79-75-45-67-66-43-63-57-26-12-10-24-55(57)56-25-11-13-27-58(56)64(63)44-71(66)77(72(67)46-73(75)78)52-22-8-3-9-23-52/h1-33,35-36,38-46,54H,34,37H2. The summed E-state index contributed by atoms with van der Waals surface area (Å²) in [4.78, 5) is 5.03. The van der Waals surface area contributed by atoms with Gasteiger partial charge in [0.15, 0.2) is 0 Å². The maximum Gasteiger partial charge on any atom is 0.0622 e. The smallest absolute Gasteiger partial charge is 0.0622 e. The van der Waals surface area contributed by atoms with Crippen molar-refractivity contribution in [1.29, 1.82) is 0 Å². The lowest BCUT2D eigenvalue weighted by atomic mass is 9.85. The number of hydrogen-bond acceptors (Lipinski definition) is 2. The summed E-state index contributed by atoms with van der Waals surface area (Å²) >= 11 is 1.88. The summed E-state index contributed by atoms with van der Waals surface area (Å²) in [5.41, 5.74) is 19.8. The molecule has 15 aromatic rings. The number of hydrogen-bond donors (Lipinski definition) is 0. The Labute approximate surface area is 461 Å². The first kappa shape index (κ1) is 44.5. The molecule has 3 nitrogen and oxygen atoms in total. The summed E-state index contributed by atoms with van der Waals surface area (Å²) < 4.78 is 4.91. The van der Waals surface area contributed by atoms with Gasteiger partial charge in [0, 0.05) is 54.3 Å². The largest absolute Gasteiger partial charge is 0.309 e. The van der Waals surface area contributed by atoms with E-state index < -0.39 is 0 Å². The number of fused-ring (bicyclic) bond motifs is 17. The predicted molar refractivity (Wildman–Crippen MR) is 334 cm³/mol. The van der Waals surface area contributed by atoms with Gasteiger partial charge in [0.05, 0.1) is 33.4 Å². The van der Waals surface area contributed by atoms with E-state index in [2.05, 4.69) is 281 Å². The van der Waals surface area contributed by atoms with Crippen LogP contribution >= 0.6 is 11.8 Å². The second-order valence-corrected chi connectivity index (χ2v) is 22.6. The van der Waals surface area contributed by atoms with Gasteiger partial charge in [0.2, 0.25) is 0 Å². The summed E-state index contributed by atoms with van der Waals surface area (Å²) in [5.74, 6) is 0.240. The zero-order chi connectivity index (χ0) is 51.7. The normalized spacial score (nSPS) is 14.0. The quantitative estimate of drug-likeness (QED) is 0.159. The van der Waals surface area contributed by atoms with E-state index in [1.165, 1.54) is 142 Å². The lowest BCUT2D eigenvalue weighted by Crippen LogP contribution is -2.15. The van der Waals surface area contributed by atoms with Crippen molar-refractivity contribution < 1.29 is 0 Å².